The maximum Gasteiger partial charge on any atom is 0.157 e. The molecule has 0 atom stereocenters. The highest BCUT2D eigenvalue weighted by Crippen LogP contribution is 2.13. The molecule has 0 N–H and O–H groups in total. The summed E-state index contributed by atoms with van der Waals surface area (Å²) in [6.45, 7) is 8.11. The monoisotopic (exact) mass is 362 g/mol. The highest BCUT2D eigenvalue weighted by molar-refractivity contribution is 5.25. The summed E-state index contributed by atoms with van der Waals surface area (Å²) < 4.78 is 11.8. The van der Waals surface area contributed by atoms with Crippen molar-refractivity contribution in [3.63, 3.8) is 0 Å². The molecule has 0 aliphatic carbocycles. The second kappa shape index (κ2) is 22.1. The van der Waals surface area contributed by atoms with Crippen molar-refractivity contribution in [2.45, 2.75) is 117 Å². The van der Waals surface area contributed by atoms with Crippen LogP contribution in [0, 0.1) is 23.7 Å². The fourth-order valence-corrected chi connectivity index (χ4v) is 2.58. The Hall–Kier alpha value is -0.960. The topological polar surface area (TPSA) is 18.5 Å². The minimum atomic E-state index is 0.0162. The van der Waals surface area contributed by atoms with Gasteiger partial charge < -0.3 is 9.47 Å². The van der Waals surface area contributed by atoms with Gasteiger partial charge in [0, 0.05) is 26.1 Å². The fourth-order valence-electron chi connectivity index (χ4n) is 2.58. The molecule has 2 nitrogen and oxygen atoms in total. The molecule has 0 aromatic rings. The van der Waals surface area contributed by atoms with Crippen LogP contribution in [-0.4, -0.2) is 19.5 Å². The lowest BCUT2D eigenvalue weighted by Crippen LogP contribution is -2.18. The zero-order chi connectivity index (χ0) is 19.1. The van der Waals surface area contributed by atoms with E-state index in [0.717, 1.165) is 45.3 Å². The van der Waals surface area contributed by atoms with Gasteiger partial charge in [0.1, 0.15) is 0 Å². The average Bonchev–Trinajstić information content (AvgIpc) is 2.65. The second-order valence-corrected chi connectivity index (χ2v) is 6.85. The Morgan fingerprint density at radius 3 is 1.73 bits per heavy atom. The third-order valence-electron chi connectivity index (χ3n) is 4.26. The molecule has 0 bridgehead atoms. The average molecular weight is 363 g/mol. The Morgan fingerprint density at radius 2 is 1.15 bits per heavy atom. The van der Waals surface area contributed by atoms with Crippen LogP contribution < -0.4 is 0 Å². The van der Waals surface area contributed by atoms with E-state index < -0.39 is 0 Å². The third-order valence-corrected chi connectivity index (χ3v) is 4.26. The van der Waals surface area contributed by atoms with Crippen LogP contribution in [0.1, 0.15) is 111 Å². The minimum absolute atomic E-state index is 0.0162. The van der Waals surface area contributed by atoms with Gasteiger partial charge in [-0.1, -0.05) is 77.6 Å². The highest BCUT2D eigenvalue weighted by Gasteiger charge is 2.08. The summed E-state index contributed by atoms with van der Waals surface area (Å²) in [5, 5.41) is 0. The predicted molar refractivity (Wildman–Crippen MR) is 113 cm³/mol. The molecule has 0 heterocycles. The molecule has 0 saturated carbocycles. The number of rotatable bonds is 17. The molecule has 0 radical (unpaired) electrons. The van der Waals surface area contributed by atoms with E-state index in [1.807, 2.05) is 6.92 Å². The van der Waals surface area contributed by atoms with Crippen molar-refractivity contribution >= 4 is 0 Å². The van der Waals surface area contributed by atoms with Crippen LogP contribution >= 0.6 is 0 Å². The van der Waals surface area contributed by atoms with Crippen LogP contribution in [-0.2, 0) is 9.47 Å². The molecule has 0 rings (SSSR count). The van der Waals surface area contributed by atoms with Crippen LogP contribution in [0.3, 0.4) is 0 Å². The number of hydrogen-bond donors (Lipinski definition) is 0. The smallest absolute Gasteiger partial charge is 0.157 e. The molecular weight excluding hydrogens is 320 g/mol. The largest absolute Gasteiger partial charge is 0.353 e. The molecule has 0 aliphatic heterocycles. The van der Waals surface area contributed by atoms with E-state index in [1.54, 1.807) is 0 Å². The van der Waals surface area contributed by atoms with E-state index in [9.17, 15) is 0 Å². The van der Waals surface area contributed by atoms with Gasteiger partial charge in [0.25, 0.3) is 0 Å². The molecule has 0 spiro atoms. The molecule has 0 amide bonds. The zero-order valence-electron chi connectivity index (χ0n) is 17.7. The first-order valence-corrected chi connectivity index (χ1v) is 11.0. The first-order valence-electron chi connectivity index (χ1n) is 11.0. The van der Waals surface area contributed by atoms with Crippen LogP contribution in [0.15, 0.2) is 0 Å². The molecule has 0 fully saturated rings. The predicted octanol–water partition coefficient (Wildman–Crippen LogP) is 6.87. The Balaban J connectivity index is 3.55. The van der Waals surface area contributed by atoms with Gasteiger partial charge in [-0.25, -0.2) is 0 Å². The van der Waals surface area contributed by atoms with Gasteiger partial charge in [-0.15, -0.1) is 0 Å². The van der Waals surface area contributed by atoms with Crippen molar-refractivity contribution in [2.75, 3.05) is 13.2 Å². The Labute approximate surface area is 163 Å². The molecule has 0 unspecified atom stereocenters. The molecule has 0 aromatic heterocycles. The fraction of sp³-hybridized carbons (Fsp3) is 0.833. The molecule has 150 valence electrons. The summed E-state index contributed by atoms with van der Waals surface area (Å²) >= 11 is 0. The van der Waals surface area contributed by atoms with Gasteiger partial charge in [0.2, 0.25) is 0 Å². The number of ether oxygens (including phenoxy) is 2. The van der Waals surface area contributed by atoms with Crippen LogP contribution in [0.4, 0.5) is 0 Å². The van der Waals surface area contributed by atoms with E-state index in [1.165, 1.54) is 57.8 Å². The van der Waals surface area contributed by atoms with Crippen molar-refractivity contribution in [3.8, 4) is 23.7 Å². The van der Waals surface area contributed by atoms with E-state index in [4.69, 9.17) is 9.47 Å². The van der Waals surface area contributed by atoms with E-state index in [0.29, 0.717) is 0 Å². The summed E-state index contributed by atoms with van der Waals surface area (Å²) in [6, 6.07) is 0. The summed E-state index contributed by atoms with van der Waals surface area (Å²) in [4.78, 5) is 0. The van der Waals surface area contributed by atoms with Crippen LogP contribution in [0.25, 0.3) is 0 Å². The Morgan fingerprint density at radius 1 is 0.615 bits per heavy atom. The summed E-state index contributed by atoms with van der Waals surface area (Å²) in [5.74, 6) is 11.9. The Kier molecular flexibility index (Phi) is 21.3. The van der Waals surface area contributed by atoms with Crippen molar-refractivity contribution in [1.82, 2.24) is 0 Å². The summed E-state index contributed by atoms with van der Waals surface area (Å²) in [5.41, 5.74) is 0. The summed E-state index contributed by atoms with van der Waals surface area (Å²) in [6.07, 6.45) is 16.5. The molecule has 0 aliphatic rings. The minimum Gasteiger partial charge on any atom is -0.353 e. The number of unbranched alkanes of at least 4 members (excludes halogenated alkanes) is 9. The molecule has 2 heteroatoms. The lowest BCUT2D eigenvalue weighted by atomic mass is 10.1. The van der Waals surface area contributed by atoms with Crippen molar-refractivity contribution in [3.05, 3.63) is 0 Å². The highest BCUT2D eigenvalue weighted by atomic mass is 16.7. The van der Waals surface area contributed by atoms with Gasteiger partial charge in [-0.05, 0) is 43.9 Å². The van der Waals surface area contributed by atoms with Gasteiger partial charge in [-0.3, -0.25) is 0 Å². The van der Waals surface area contributed by atoms with Crippen LogP contribution in [0.5, 0.6) is 0 Å². The van der Waals surface area contributed by atoms with Crippen molar-refractivity contribution < 1.29 is 9.47 Å². The normalized spacial score (nSPS) is 10.3. The summed E-state index contributed by atoms with van der Waals surface area (Å²) in [7, 11) is 0. The first-order chi connectivity index (χ1) is 12.8. The van der Waals surface area contributed by atoms with Gasteiger partial charge in [-0.2, -0.15) is 0 Å². The quantitative estimate of drug-likeness (QED) is 0.160. The maximum atomic E-state index is 5.89. The first kappa shape index (κ1) is 25.0. The molecule has 0 aromatic carbocycles. The van der Waals surface area contributed by atoms with Crippen molar-refractivity contribution in [1.29, 1.82) is 0 Å². The van der Waals surface area contributed by atoms with E-state index in [-0.39, 0.29) is 6.29 Å². The van der Waals surface area contributed by atoms with Crippen molar-refractivity contribution in [2.24, 2.45) is 0 Å². The standard InChI is InChI=1S/C24H42O2/c1-4-7-10-11-12-13-14-15-16-17-18-19-20-21-24(25-22-8-5-2)26-23-9-6-3/h24H,4-6,8-9,13-23H2,1-3H3. The molecule has 0 saturated heterocycles. The van der Waals surface area contributed by atoms with E-state index >= 15 is 0 Å². The maximum absolute atomic E-state index is 5.89. The number of hydrogen-bond acceptors (Lipinski definition) is 2. The van der Waals surface area contributed by atoms with Gasteiger partial charge >= 0.3 is 0 Å². The second-order valence-electron chi connectivity index (χ2n) is 6.85. The van der Waals surface area contributed by atoms with Crippen LogP contribution in [0.2, 0.25) is 0 Å². The molecular formula is C24H42O2. The van der Waals surface area contributed by atoms with E-state index in [2.05, 4.69) is 37.5 Å². The SMILES string of the molecule is CCC#CC#CCCCCCCCCCC(OCCCC)OCCCC. The van der Waals surface area contributed by atoms with Gasteiger partial charge in [0.15, 0.2) is 6.29 Å². The Bertz CT molecular complexity index is 384. The molecule has 26 heavy (non-hydrogen) atoms. The lowest BCUT2D eigenvalue weighted by Gasteiger charge is -2.18. The third kappa shape index (κ3) is 19.4. The zero-order valence-corrected chi connectivity index (χ0v) is 17.7. The van der Waals surface area contributed by atoms with Gasteiger partial charge in [0.05, 0.1) is 0 Å². The lowest BCUT2D eigenvalue weighted by molar-refractivity contribution is -0.147.